The Morgan fingerprint density at radius 1 is 0.933 bits per heavy atom. The van der Waals surface area contributed by atoms with Crippen molar-refractivity contribution in [2.24, 2.45) is 0 Å². The first-order valence-electron chi connectivity index (χ1n) is 3.95. The highest BCUT2D eigenvalue weighted by Crippen LogP contribution is 2.38. The van der Waals surface area contributed by atoms with Crippen molar-refractivity contribution in [3.63, 3.8) is 0 Å². The van der Waals surface area contributed by atoms with Gasteiger partial charge in [0.25, 0.3) is 0 Å². The summed E-state index contributed by atoms with van der Waals surface area (Å²) in [5.41, 5.74) is -0.185. The number of alkyl halides is 5. The fourth-order valence-electron chi connectivity index (χ4n) is 0.970. The van der Waals surface area contributed by atoms with Gasteiger partial charge < -0.3 is 5.11 Å². The van der Waals surface area contributed by atoms with E-state index in [0.717, 1.165) is 24.3 Å². The maximum absolute atomic E-state index is 12.5. The van der Waals surface area contributed by atoms with Crippen LogP contribution in [0.4, 0.5) is 22.0 Å². The van der Waals surface area contributed by atoms with E-state index in [-0.39, 0.29) is 11.3 Å². The molecule has 0 aliphatic carbocycles. The first-order valence-corrected chi connectivity index (χ1v) is 3.95. The van der Waals surface area contributed by atoms with E-state index in [1.807, 2.05) is 0 Å². The predicted molar refractivity (Wildman–Crippen MR) is 42.8 cm³/mol. The van der Waals surface area contributed by atoms with Crippen LogP contribution in [0.15, 0.2) is 24.3 Å². The number of hydrogen-bond acceptors (Lipinski definition) is 1. The highest BCUT2D eigenvalue weighted by Gasteiger charge is 2.56. The van der Waals surface area contributed by atoms with Crippen LogP contribution in [-0.4, -0.2) is 17.2 Å². The summed E-state index contributed by atoms with van der Waals surface area (Å²) in [7, 11) is 0. The van der Waals surface area contributed by atoms with Crippen molar-refractivity contribution in [3.05, 3.63) is 29.8 Å². The van der Waals surface area contributed by atoms with E-state index in [1.165, 1.54) is 0 Å². The second-order valence-corrected chi connectivity index (χ2v) is 3.05. The molecule has 6 heteroatoms. The molecule has 1 rings (SSSR count). The molecule has 0 atom stereocenters. The van der Waals surface area contributed by atoms with Crippen molar-refractivity contribution in [2.75, 3.05) is 0 Å². The number of aromatic hydroxyl groups is 1. The zero-order valence-electron chi connectivity index (χ0n) is 7.35. The molecule has 0 saturated heterocycles. The Kier molecular flexibility index (Phi) is 2.88. The van der Waals surface area contributed by atoms with Gasteiger partial charge in [0.05, 0.1) is 0 Å². The molecule has 15 heavy (non-hydrogen) atoms. The van der Waals surface area contributed by atoms with Crippen molar-refractivity contribution in [3.8, 4) is 5.75 Å². The molecular formula is C9H7F5O. The molecule has 0 unspecified atom stereocenters. The van der Waals surface area contributed by atoms with Crippen molar-refractivity contribution in [1.82, 2.24) is 0 Å². The minimum absolute atomic E-state index is 0.185. The Hall–Kier alpha value is -1.33. The van der Waals surface area contributed by atoms with Gasteiger partial charge in [-0.05, 0) is 17.7 Å². The van der Waals surface area contributed by atoms with Crippen molar-refractivity contribution < 1.29 is 27.1 Å². The summed E-state index contributed by atoms with van der Waals surface area (Å²) < 4.78 is 60.5. The predicted octanol–water partition coefficient (Wildman–Crippen LogP) is 3.13. The van der Waals surface area contributed by atoms with Gasteiger partial charge in [-0.3, -0.25) is 0 Å². The van der Waals surface area contributed by atoms with E-state index in [4.69, 9.17) is 5.11 Å². The number of phenols is 1. The van der Waals surface area contributed by atoms with Gasteiger partial charge in [0.1, 0.15) is 5.75 Å². The van der Waals surface area contributed by atoms with E-state index >= 15 is 0 Å². The molecule has 0 heterocycles. The van der Waals surface area contributed by atoms with E-state index < -0.39 is 18.5 Å². The topological polar surface area (TPSA) is 20.2 Å². The average Bonchev–Trinajstić information content (AvgIpc) is 2.06. The summed E-state index contributed by atoms with van der Waals surface area (Å²) in [5, 5.41) is 8.81. The lowest BCUT2D eigenvalue weighted by Crippen LogP contribution is -2.38. The number of rotatable bonds is 2. The molecule has 0 aliphatic heterocycles. The third kappa shape index (κ3) is 2.81. The fraction of sp³-hybridized carbons (Fsp3) is 0.333. The van der Waals surface area contributed by atoms with Gasteiger partial charge in [0, 0.05) is 6.42 Å². The summed E-state index contributed by atoms with van der Waals surface area (Å²) in [6.45, 7) is 0. The minimum Gasteiger partial charge on any atom is -0.508 e. The van der Waals surface area contributed by atoms with E-state index in [0.29, 0.717) is 0 Å². The lowest BCUT2D eigenvalue weighted by molar-refractivity contribution is -0.281. The van der Waals surface area contributed by atoms with Crippen molar-refractivity contribution in [1.29, 1.82) is 0 Å². The molecule has 1 nitrogen and oxygen atoms in total. The Balaban J connectivity index is 2.82. The quantitative estimate of drug-likeness (QED) is 0.768. The Morgan fingerprint density at radius 2 is 1.40 bits per heavy atom. The van der Waals surface area contributed by atoms with E-state index in [9.17, 15) is 22.0 Å². The van der Waals surface area contributed by atoms with Crippen molar-refractivity contribution >= 4 is 0 Å². The normalized spacial score (nSPS) is 12.9. The summed E-state index contributed by atoms with van der Waals surface area (Å²) in [6.07, 6.45) is -6.97. The molecule has 0 aromatic heterocycles. The summed E-state index contributed by atoms with van der Waals surface area (Å²) in [5.74, 6) is -4.93. The number of halogens is 5. The van der Waals surface area contributed by atoms with Crippen LogP contribution in [0.5, 0.6) is 5.75 Å². The van der Waals surface area contributed by atoms with Gasteiger partial charge in [0.15, 0.2) is 0 Å². The van der Waals surface area contributed by atoms with Crippen LogP contribution in [0.3, 0.4) is 0 Å². The van der Waals surface area contributed by atoms with E-state index in [2.05, 4.69) is 0 Å². The summed E-state index contributed by atoms with van der Waals surface area (Å²) >= 11 is 0. The third-order valence-electron chi connectivity index (χ3n) is 1.78. The Bertz CT molecular complexity index is 327. The highest BCUT2D eigenvalue weighted by molar-refractivity contribution is 5.26. The molecule has 1 N–H and O–H groups in total. The second kappa shape index (κ2) is 3.67. The highest BCUT2D eigenvalue weighted by atomic mass is 19.4. The first-order chi connectivity index (χ1) is 6.72. The molecule has 0 spiro atoms. The molecule has 84 valence electrons. The maximum Gasteiger partial charge on any atom is 0.453 e. The summed E-state index contributed by atoms with van der Waals surface area (Å²) in [4.78, 5) is 0. The number of phenolic OH excluding ortho intramolecular Hbond substituents is 1. The van der Waals surface area contributed by atoms with Gasteiger partial charge in [-0.25, -0.2) is 0 Å². The third-order valence-corrected chi connectivity index (χ3v) is 1.78. The number of hydrogen-bond donors (Lipinski definition) is 1. The molecular weight excluding hydrogens is 219 g/mol. The second-order valence-electron chi connectivity index (χ2n) is 3.05. The van der Waals surface area contributed by atoms with Gasteiger partial charge in [-0.1, -0.05) is 12.1 Å². The molecule has 0 fully saturated rings. The van der Waals surface area contributed by atoms with Crippen LogP contribution in [0.2, 0.25) is 0 Å². The molecule has 0 saturated carbocycles. The lowest BCUT2D eigenvalue weighted by atomic mass is 10.1. The molecule has 0 amide bonds. The molecule has 0 radical (unpaired) electrons. The van der Waals surface area contributed by atoms with Crippen LogP contribution in [-0.2, 0) is 6.42 Å². The lowest BCUT2D eigenvalue weighted by Gasteiger charge is -2.19. The Morgan fingerprint density at radius 3 is 1.80 bits per heavy atom. The van der Waals surface area contributed by atoms with Gasteiger partial charge in [0.2, 0.25) is 0 Å². The zero-order chi connectivity index (χ0) is 11.7. The van der Waals surface area contributed by atoms with Crippen LogP contribution in [0.25, 0.3) is 0 Å². The average molecular weight is 226 g/mol. The summed E-state index contributed by atoms with van der Waals surface area (Å²) in [6, 6.07) is 4.16. The zero-order valence-corrected chi connectivity index (χ0v) is 7.35. The maximum atomic E-state index is 12.5. The molecule has 1 aromatic carbocycles. The minimum atomic E-state index is -5.55. The Labute approximate surface area is 82.1 Å². The van der Waals surface area contributed by atoms with E-state index in [1.54, 1.807) is 0 Å². The standard InChI is InChI=1S/C9H7F5O/c10-8(11,9(12,13)14)5-6-1-3-7(15)4-2-6/h1-4,15H,5H2. The van der Waals surface area contributed by atoms with Crippen LogP contribution >= 0.6 is 0 Å². The van der Waals surface area contributed by atoms with Crippen LogP contribution < -0.4 is 0 Å². The van der Waals surface area contributed by atoms with Gasteiger partial charge in [-0.2, -0.15) is 22.0 Å². The smallest absolute Gasteiger partial charge is 0.453 e. The fourth-order valence-corrected chi connectivity index (χ4v) is 0.970. The number of benzene rings is 1. The molecule has 0 aliphatic rings. The molecule has 1 aromatic rings. The van der Waals surface area contributed by atoms with Crippen LogP contribution in [0.1, 0.15) is 5.56 Å². The van der Waals surface area contributed by atoms with Crippen LogP contribution in [0, 0.1) is 0 Å². The largest absolute Gasteiger partial charge is 0.508 e. The van der Waals surface area contributed by atoms with Gasteiger partial charge in [-0.15, -0.1) is 0 Å². The SMILES string of the molecule is Oc1ccc(CC(F)(F)C(F)(F)F)cc1. The molecule has 0 bridgehead atoms. The first kappa shape index (κ1) is 11.7. The monoisotopic (exact) mass is 226 g/mol. The van der Waals surface area contributed by atoms with Gasteiger partial charge >= 0.3 is 12.1 Å². The van der Waals surface area contributed by atoms with Crippen molar-refractivity contribution in [2.45, 2.75) is 18.5 Å².